The van der Waals surface area contributed by atoms with Crippen LogP contribution in [0.15, 0.2) is 109 Å². The fraction of sp³-hybridized carbons (Fsp3) is 0.0625. The average Bonchev–Trinajstić information content (AvgIpc) is 3.46. The van der Waals surface area contributed by atoms with Crippen molar-refractivity contribution in [2.45, 2.75) is 13.0 Å². The summed E-state index contributed by atoms with van der Waals surface area (Å²) in [7, 11) is 0. The van der Waals surface area contributed by atoms with Gasteiger partial charge in [0.2, 0.25) is 5.91 Å². The van der Waals surface area contributed by atoms with E-state index in [9.17, 15) is 4.79 Å². The molecule has 0 spiro atoms. The van der Waals surface area contributed by atoms with Gasteiger partial charge in [0.25, 0.3) is 0 Å². The number of carbonyl (C=O) groups excluding carboxylic acids is 1. The number of hydrogen-bond donors (Lipinski definition) is 3. The third-order valence-electron chi connectivity index (χ3n) is 6.95. The molecular formula is C32H24N8O. The first-order valence-corrected chi connectivity index (χ1v) is 13.2. The molecule has 0 saturated heterocycles. The highest BCUT2D eigenvalue weighted by Crippen LogP contribution is 2.29. The first-order chi connectivity index (χ1) is 20.2. The molecule has 1 amide bonds. The van der Waals surface area contributed by atoms with Crippen molar-refractivity contribution in [3.63, 3.8) is 0 Å². The van der Waals surface area contributed by atoms with Gasteiger partial charge in [-0.05, 0) is 41.0 Å². The van der Waals surface area contributed by atoms with Crippen LogP contribution in [0.3, 0.4) is 0 Å². The Bertz CT molecular complexity index is 1920. The van der Waals surface area contributed by atoms with E-state index >= 15 is 0 Å². The summed E-state index contributed by atoms with van der Waals surface area (Å²) in [5.41, 5.74) is 12.6. The van der Waals surface area contributed by atoms with Gasteiger partial charge in [-0.25, -0.2) is 4.98 Å². The Labute approximate surface area is 235 Å². The molecule has 41 heavy (non-hydrogen) atoms. The molecule has 0 atom stereocenters. The van der Waals surface area contributed by atoms with Gasteiger partial charge >= 0.3 is 0 Å². The molecule has 1 aliphatic heterocycles. The summed E-state index contributed by atoms with van der Waals surface area (Å²) in [4.78, 5) is 34.2. The van der Waals surface area contributed by atoms with Crippen LogP contribution in [-0.2, 0) is 17.8 Å². The van der Waals surface area contributed by atoms with E-state index in [-0.39, 0.29) is 5.91 Å². The smallest absolute Gasteiger partial charge is 0.228 e. The highest BCUT2D eigenvalue weighted by molar-refractivity contribution is 6.14. The zero-order valence-corrected chi connectivity index (χ0v) is 21.9. The molecule has 0 fully saturated rings. The Balaban J connectivity index is 1.20. The number of anilines is 1. The van der Waals surface area contributed by atoms with E-state index in [1.165, 1.54) is 0 Å². The number of pyridine rings is 3. The van der Waals surface area contributed by atoms with Gasteiger partial charge in [0.1, 0.15) is 11.2 Å². The molecule has 4 aromatic heterocycles. The van der Waals surface area contributed by atoms with Crippen LogP contribution in [0.4, 0.5) is 5.69 Å². The summed E-state index contributed by atoms with van der Waals surface area (Å²) in [6, 6.07) is 23.6. The molecule has 7 rings (SSSR count). The number of H-pyrrole nitrogens is 1. The number of hydrazone groups is 1. The van der Waals surface area contributed by atoms with E-state index < -0.39 is 0 Å². The Hall–Kier alpha value is -5.70. The van der Waals surface area contributed by atoms with Gasteiger partial charge in [-0.3, -0.25) is 19.7 Å². The van der Waals surface area contributed by atoms with Gasteiger partial charge in [0.15, 0.2) is 5.82 Å². The lowest BCUT2D eigenvalue weighted by atomic mass is 9.96. The van der Waals surface area contributed by atoms with Crippen LogP contribution in [0.25, 0.3) is 33.4 Å². The van der Waals surface area contributed by atoms with Crippen molar-refractivity contribution >= 4 is 28.3 Å². The van der Waals surface area contributed by atoms with Gasteiger partial charge < -0.3 is 15.7 Å². The van der Waals surface area contributed by atoms with Crippen LogP contribution in [0, 0.1) is 0 Å². The number of imidazole rings is 1. The second kappa shape index (κ2) is 10.5. The third-order valence-corrected chi connectivity index (χ3v) is 6.95. The van der Waals surface area contributed by atoms with Crippen molar-refractivity contribution in [3.8, 4) is 22.4 Å². The fourth-order valence-corrected chi connectivity index (χ4v) is 4.98. The lowest BCUT2D eigenvalue weighted by molar-refractivity contribution is -0.115. The summed E-state index contributed by atoms with van der Waals surface area (Å²) in [6.45, 7) is 0.605. The Morgan fingerprint density at radius 1 is 0.854 bits per heavy atom. The number of amides is 1. The van der Waals surface area contributed by atoms with Gasteiger partial charge in [0, 0.05) is 35.3 Å². The van der Waals surface area contributed by atoms with E-state index in [0.29, 0.717) is 30.2 Å². The van der Waals surface area contributed by atoms with Crippen molar-refractivity contribution in [1.29, 1.82) is 0 Å². The molecule has 5 heterocycles. The van der Waals surface area contributed by atoms with Crippen LogP contribution < -0.4 is 10.7 Å². The zero-order valence-electron chi connectivity index (χ0n) is 21.9. The molecule has 1 aliphatic rings. The molecule has 9 nitrogen and oxygen atoms in total. The lowest BCUT2D eigenvalue weighted by Crippen LogP contribution is -2.22. The molecule has 0 aliphatic carbocycles. The molecule has 3 N–H and O–H groups in total. The highest BCUT2D eigenvalue weighted by atomic mass is 16.1. The number of nitrogens with one attached hydrogen (secondary N) is 3. The monoisotopic (exact) mass is 536 g/mol. The average molecular weight is 537 g/mol. The molecule has 198 valence electrons. The molecule has 0 bridgehead atoms. The number of nitrogens with zero attached hydrogens (tertiary/aromatic N) is 5. The lowest BCUT2D eigenvalue weighted by Gasteiger charge is -2.18. The number of carbonyl (C=O) groups is 1. The van der Waals surface area contributed by atoms with Crippen LogP contribution in [0.2, 0.25) is 0 Å². The summed E-state index contributed by atoms with van der Waals surface area (Å²) >= 11 is 0. The number of aromatic nitrogens is 5. The van der Waals surface area contributed by atoms with E-state index in [2.05, 4.69) is 54.0 Å². The number of rotatable bonds is 6. The van der Waals surface area contributed by atoms with Crippen LogP contribution in [-0.4, -0.2) is 36.5 Å². The maximum atomic E-state index is 12.6. The van der Waals surface area contributed by atoms with Gasteiger partial charge in [0.05, 0.1) is 42.3 Å². The predicted molar refractivity (Wildman–Crippen MR) is 158 cm³/mol. The first-order valence-electron chi connectivity index (χ1n) is 13.2. The minimum atomic E-state index is -0.0921. The predicted octanol–water partition coefficient (Wildman–Crippen LogP) is 5.12. The summed E-state index contributed by atoms with van der Waals surface area (Å²) in [5.74, 6) is 0.543. The van der Waals surface area contributed by atoms with Crippen LogP contribution in [0.1, 0.15) is 22.5 Å². The standard InChI is InChI=1S/C32H24N8O/c41-29(12-20-6-2-1-3-7-20)37-24-13-23(15-33-17-24)21-9-10-22-16-36-40-31(25(22)14-21)32-38-28-19-34-18-26(30(28)39-32)27-8-4-5-11-35-27/h1-11,13-15,17-19,36H,12,16H2,(H,37,41)(H,38,39). The second-order valence-corrected chi connectivity index (χ2v) is 9.72. The second-order valence-electron chi connectivity index (χ2n) is 9.72. The minimum absolute atomic E-state index is 0.0921. The summed E-state index contributed by atoms with van der Waals surface area (Å²) in [6.07, 6.45) is 9.04. The van der Waals surface area contributed by atoms with Gasteiger partial charge in [-0.2, -0.15) is 5.10 Å². The maximum absolute atomic E-state index is 12.6. The van der Waals surface area contributed by atoms with Crippen molar-refractivity contribution in [2.75, 3.05) is 5.32 Å². The van der Waals surface area contributed by atoms with E-state index in [4.69, 9.17) is 4.98 Å². The molecule has 0 unspecified atom stereocenters. The van der Waals surface area contributed by atoms with Crippen LogP contribution >= 0.6 is 0 Å². The summed E-state index contributed by atoms with van der Waals surface area (Å²) < 4.78 is 0. The highest BCUT2D eigenvalue weighted by Gasteiger charge is 2.21. The van der Waals surface area contributed by atoms with Crippen molar-refractivity contribution < 1.29 is 4.79 Å². The molecule has 0 radical (unpaired) electrons. The minimum Gasteiger partial charge on any atom is -0.335 e. The zero-order chi connectivity index (χ0) is 27.6. The van der Waals surface area contributed by atoms with E-state index in [0.717, 1.165) is 50.1 Å². The molecule has 2 aromatic carbocycles. The Kier molecular flexibility index (Phi) is 6.21. The SMILES string of the molecule is O=C(Cc1ccccc1)Nc1cncc(-c2ccc3c(c2)C(c2nc4c(-c5ccccn5)cncc4[nH]2)=NNC3)c1. The fourth-order valence-electron chi connectivity index (χ4n) is 4.98. The molecular weight excluding hydrogens is 512 g/mol. The van der Waals surface area contributed by atoms with Gasteiger partial charge in [-0.1, -0.05) is 48.5 Å². The molecule has 6 aromatic rings. The molecule has 9 heteroatoms. The van der Waals surface area contributed by atoms with E-state index in [1.54, 1.807) is 31.0 Å². The van der Waals surface area contributed by atoms with Crippen molar-refractivity contribution in [3.05, 3.63) is 126 Å². The normalized spacial score (nSPS) is 12.3. The topological polar surface area (TPSA) is 121 Å². The number of hydrogen-bond acceptors (Lipinski definition) is 7. The number of fused-ring (bicyclic) bond motifs is 2. The quantitative estimate of drug-likeness (QED) is 0.272. The number of aromatic amines is 1. The molecule has 0 saturated carbocycles. The first kappa shape index (κ1) is 24.3. The third kappa shape index (κ3) is 4.92. The Morgan fingerprint density at radius 3 is 2.61 bits per heavy atom. The van der Waals surface area contributed by atoms with E-state index in [1.807, 2.05) is 54.6 Å². The van der Waals surface area contributed by atoms with Crippen molar-refractivity contribution in [2.24, 2.45) is 5.10 Å². The largest absolute Gasteiger partial charge is 0.335 e. The van der Waals surface area contributed by atoms with Gasteiger partial charge in [-0.15, -0.1) is 0 Å². The maximum Gasteiger partial charge on any atom is 0.228 e. The van der Waals surface area contributed by atoms with Crippen molar-refractivity contribution in [1.82, 2.24) is 30.3 Å². The number of benzene rings is 2. The van der Waals surface area contributed by atoms with Crippen LogP contribution in [0.5, 0.6) is 0 Å². The summed E-state index contributed by atoms with van der Waals surface area (Å²) in [5, 5.41) is 7.60. The Morgan fingerprint density at radius 2 is 1.73 bits per heavy atom.